The Morgan fingerprint density at radius 1 is 1.16 bits per heavy atom. The molecule has 168 valence electrons. The Kier molecular flexibility index (Phi) is 7.53. The third kappa shape index (κ3) is 5.47. The maximum Gasteiger partial charge on any atom is 0.243 e. The molecule has 3 rings (SSSR count). The number of rotatable bonds is 8. The van der Waals surface area contributed by atoms with Gasteiger partial charge in [0.25, 0.3) is 0 Å². The fraction of sp³-hybridized carbons (Fsp3) is 0.304. The van der Waals surface area contributed by atoms with Crippen LogP contribution >= 0.6 is 11.8 Å². The molecule has 0 fully saturated rings. The molecular weight excluding hydrogens is 426 g/mol. The summed E-state index contributed by atoms with van der Waals surface area (Å²) in [6.07, 6.45) is 0. The van der Waals surface area contributed by atoms with Gasteiger partial charge >= 0.3 is 0 Å². The second kappa shape index (κ2) is 10.3. The van der Waals surface area contributed by atoms with Gasteiger partial charge < -0.3 is 19.5 Å². The van der Waals surface area contributed by atoms with Crippen molar-refractivity contribution in [3.05, 3.63) is 54.1 Å². The molecule has 0 aliphatic rings. The SMILES string of the molecule is COc1ccccc1-c1nnc(SC(C)C(=O)N(C)CC(=O)Nc2ccc(C)cc2)n1C. The van der Waals surface area contributed by atoms with E-state index in [9.17, 15) is 9.59 Å². The fourth-order valence-electron chi connectivity index (χ4n) is 3.13. The molecule has 1 N–H and O–H groups in total. The van der Waals surface area contributed by atoms with E-state index in [2.05, 4.69) is 15.5 Å². The summed E-state index contributed by atoms with van der Waals surface area (Å²) in [5.41, 5.74) is 2.63. The summed E-state index contributed by atoms with van der Waals surface area (Å²) in [6, 6.07) is 15.1. The Morgan fingerprint density at radius 3 is 2.53 bits per heavy atom. The summed E-state index contributed by atoms with van der Waals surface area (Å²) >= 11 is 1.29. The Hall–Kier alpha value is -3.33. The fourth-order valence-corrected chi connectivity index (χ4v) is 4.06. The van der Waals surface area contributed by atoms with Crippen molar-refractivity contribution in [1.29, 1.82) is 0 Å². The Balaban J connectivity index is 1.62. The lowest BCUT2D eigenvalue weighted by atomic mass is 10.2. The number of likely N-dealkylation sites (N-methyl/N-ethyl adjacent to an activating group) is 1. The number of ether oxygens (including phenoxy) is 1. The van der Waals surface area contributed by atoms with Gasteiger partial charge in [-0.05, 0) is 38.1 Å². The number of benzene rings is 2. The Morgan fingerprint density at radius 2 is 1.84 bits per heavy atom. The minimum absolute atomic E-state index is 0.0388. The van der Waals surface area contributed by atoms with Gasteiger partial charge in [-0.2, -0.15) is 0 Å². The van der Waals surface area contributed by atoms with Gasteiger partial charge in [-0.3, -0.25) is 9.59 Å². The van der Waals surface area contributed by atoms with Crippen molar-refractivity contribution in [3.63, 3.8) is 0 Å². The first-order chi connectivity index (χ1) is 15.3. The van der Waals surface area contributed by atoms with E-state index in [1.165, 1.54) is 16.7 Å². The van der Waals surface area contributed by atoms with Crippen LogP contribution in [0.3, 0.4) is 0 Å². The van der Waals surface area contributed by atoms with Gasteiger partial charge in [0.15, 0.2) is 11.0 Å². The topological polar surface area (TPSA) is 89.4 Å². The van der Waals surface area contributed by atoms with Crippen LogP contribution in [0.4, 0.5) is 5.69 Å². The number of thioether (sulfide) groups is 1. The van der Waals surface area contributed by atoms with Crippen LogP contribution in [0.2, 0.25) is 0 Å². The molecule has 32 heavy (non-hydrogen) atoms. The van der Waals surface area contributed by atoms with E-state index >= 15 is 0 Å². The van der Waals surface area contributed by atoms with E-state index in [0.717, 1.165) is 11.1 Å². The number of hydrogen-bond acceptors (Lipinski definition) is 6. The smallest absolute Gasteiger partial charge is 0.243 e. The predicted octanol–water partition coefficient (Wildman–Crippen LogP) is 3.38. The maximum atomic E-state index is 12.8. The second-order valence-electron chi connectivity index (χ2n) is 7.43. The average molecular weight is 454 g/mol. The van der Waals surface area contributed by atoms with Crippen molar-refractivity contribution in [2.24, 2.45) is 7.05 Å². The highest BCUT2D eigenvalue weighted by Crippen LogP contribution is 2.31. The van der Waals surface area contributed by atoms with Crippen molar-refractivity contribution in [2.75, 3.05) is 26.0 Å². The molecule has 2 amide bonds. The van der Waals surface area contributed by atoms with E-state index < -0.39 is 5.25 Å². The van der Waals surface area contributed by atoms with Crippen LogP contribution in [0.1, 0.15) is 12.5 Å². The molecule has 1 aromatic heterocycles. The van der Waals surface area contributed by atoms with Crippen molar-refractivity contribution < 1.29 is 14.3 Å². The van der Waals surface area contributed by atoms with Gasteiger partial charge in [-0.25, -0.2) is 0 Å². The zero-order valence-corrected chi connectivity index (χ0v) is 19.6. The number of nitrogens with one attached hydrogen (secondary N) is 1. The van der Waals surface area contributed by atoms with Gasteiger partial charge in [0.05, 0.1) is 24.5 Å². The van der Waals surface area contributed by atoms with E-state index in [1.54, 1.807) is 21.1 Å². The molecule has 8 nitrogen and oxygen atoms in total. The number of carbonyl (C=O) groups excluding carboxylic acids is 2. The summed E-state index contributed by atoms with van der Waals surface area (Å²) in [7, 11) is 5.07. The third-order valence-corrected chi connectivity index (χ3v) is 6.03. The Labute approximate surface area is 192 Å². The molecule has 9 heteroatoms. The standard InChI is InChI=1S/C23H27N5O3S/c1-15-10-12-17(13-11-15)24-20(29)14-27(3)22(30)16(2)32-23-26-25-21(28(23)4)18-8-6-7-9-19(18)31-5/h6-13,16H,14H2,1-5H3,(H,24,29). The lowest BCUT2D eigenvalue weighted by Crippen LogP contribution is -2.39. The molecule has 0 aliphatic heterocycles. The summed E-state index contributed by atoms with van der Waals surface area (Å²) in [5, 5.41) is 11.5. The number of aryl methyl sites for hydroxylation is 1. The molecule has 0 bridgehead atoms. The van der Waals surface area contributed by atoms with Crippen LogP contribution in [0.5, 0.6) is 5.75 Å². The largest absolute Gasteiger partial charge is 0.496 e. The molecule has 2 aromatic carbocycles. The van der Waals surface area contributed by atoms with Crippen LogP contribution in [0.25, 0.3) is 11.4 Å². The summed E-state index contributed by atoms with van der Waals surface area (Å²) in [5.74, 6) is 0.924. The predicted molar refractivity (Wildman–Crippen MR) is 126 cm³/mol. The van der Waals surface area contributed by atoms with Gasteiger partial charge in [-0.15, -0.1) is 10.2 Å². The number of anilines is 1. The summed E-state index contributed by atoms with van der Waals surface area (Å²) < 4.78 is 7.24. The van der Waals surface area contributed by atoms with E-state index in [4.69, 9.17) is 4.74 Å². The normalized spacial score (nSPS) is 11.7. The lowest BCUT2D eigenvalue weighted by molar-refractivity contribution is -0.132. The van der Waals surface area contributed by atoms with Crippen molar-refractivity contribution in [1.82, 2.24) is 19.7 Å². The average Bonchev–Trinajstić information content (AvgIpc) is 3.14. The number of hydrogen-bond donors (Lipinski definition) is 1. The molecule has 0 spiro atoms. The summed E-state index contributed by atoms with van der Waals surface area (Å²) in [6.45, 7) is 3.73. The first-order valence-electron chi connectivity index (χ1n) is 10.1. The van der Waals surface area contributed by atoms with Crippen LogP contribution in [-0.4, -0.2) is 57.4 Å². The molecule has 0 saturated carbocycles. The molecule has 1 atom stereocenters. The number of para-hydroxylation sites is 1. The number of methoxy groups -OCH3 is 1. The molecule has 0 saturated heterocycles. The van der Waals surface area contributed by atoms with Gasteiger partial charge in [-0.1, -0.05) is 41.6 Å². The first kappa shape index (κ1) is 23.3. The van der Waals surface area contributed by atoms with Crippen molar-refractivity contribution in [2.45, 2.75) is 24.3 Å². The van der Waals surface area contributed by atoms with Gasteiger partial charge in [0.2, 0.25) is 11.8 Å². The maximum absolute atomic E-state index is 12.8. The number of amides is 2. The Bertz CT molecular complexity index is 1100. The molecule has 0 aliphatic carbocycles. The third-order valence-electron chi connectivity index (χ3n) is 4.91. The van der Waals surface area contributed by atoms with Crippen molar-refractivity contribution in [3.8, 4) is 17.1 Å². The highest BCUT2D eigenvalue weighted by molar-refractivity contribution is 8.00. The minimum atomic E-state index is -0.444. The molecule has 1 unspecified atom stereocenters. The monoisotopic (exact) mass is 453 g/mol. The quantitative estimate of drug-likeness (QED) is 0.526. The van der Waals surface area contributed by atoms with Crippen molar-refractivity contribution >= 4 is 29.3 Å². The molecule has 3 aromatic rings. The van der Waals surface area contributed by atoms with Crippen LogP contribution in [0, 0.1) is 6.92 Å². The molecular formula is C23H27N5O3S. The lowest BCUT2D eigenvalue weighted by Gasteiger charge is -2.20. The number of nitrogens with zero attached hydrogens (tertiary/aromatic N) is 4. The van der Waals surface area contributed by atoms with Crippen LogP contribution in [0.15, 0.2) is 53.7 Å². The van der Waals surface area contributed by atoms with Crippen LogP contribution < -0.4 is 10.1 Å². The molecule has 1 heterocycles. The second-order valence-corrected chi connectivity index (χ2v) is 8.74. The van der Waals surface area contributed by atoms with Gasteiger partial charge in [0.1, 0.15) is 5.75 Å². The zero-order valence-electron chi connectivity index (χ0n) is 18.8. The minimum Gasteiger partial charge on any atom is -0.496 e. The number of aromatic nitrogens is 3. The number of carbonyl (C=O) groups is 2. The highest BCUT2D eigenvalue weighted by atomic mass is 32.2. The summed E-state index contributed by atoms with van der Waals surface area (Å²) in [4.78, 5) is 26.5. The van der Waals surface area contributed by atoms with E-state index in [0.29, 0.717) is 22.4 Å². The zero-order chi connectivity index (χ0) is 23.3. The first-order valence-corrected chi connectivity index (χ1v) is 11.0. The molecule has 0 radical (unpaired) electrons. The van der Waals surface area contributed by atoms with E-state index in [-0.39, 0.29) is 18.4 Å². The van der Waals surface area contributed by atoms with Gasteiger partial charge in [0, 0.05) is 19.8 Å². The highest BCUT2D eigenvalue weighted by Gasteiger charge is 2.24. The van der Waals surface area contributed by atoms with E-state index in [1.807, 2.05) is 67.1 Å². The van der Waals surface area contributed by atoms with Crippen LogP contribution in [-0.2, 0) is 16.6 Å².